The first-order chi connectivity index (χ1) is 9.58. The lowest BCUT2D eigenvalue weighted by molar-refractivity contribution is -0.131. The Bertz CT molecular complexity index is 545. The molecule has 0 bridgehead atoms. The van der Waals surface area contributed by atoms with Crippen molar-refractivity contribution < 1.29 is 19.4 Å². The molecule has 0 unspecified atom stereocenters. The molecule has 0 aliphatic carbocycles. The summed E-state index contributed by atoms with van der Waals surface area (Å²) in [5.41, 5.74) is 2.20. The van der Waals surface area contributed by atoms with Crippen molar-refractivity contribution >= 4 is 18.0 Å². The Kier molecular flexibility index (Phi) is 4.53. The van der Waals surface area contributed by atoms with Crippen molar-refractivity contribution in [2.75, 3.05) is 26.3 Å². The summed E-state index contributed by atoms with van der Waals surface area (Å²) in [5.74, 6) is -1.04. The van der Waals surface area contributed by atoms with Gasteiger partial charge in [0.05, 0.1) is 13.2 Å². The standard InChI is InChI=1S/C15H17NO4/c1-11-2-3-12(4-5-14(17)18)10-13(11)15(19)16-6-8-20-9-7-16/h2-5,10H,6-9H2,1H3,(H,17,18). The number of morpholine rings is 1. The summed E-state index contributed by atoms with van der Waals surface area (Å²) < 4.78 is 5.23. The average molecular weight is 275 g/mol. The van der Waals surface area contributed by atoms with Crippen molar-refractivity contribution in [2.24, 2.45) is 0 Å². The van der Waals surface area contributed by atoms with Crippen molar-refractivity contribution in [1.29, 1.82) is 0 Å². The zero-order valence-electron chi connectivity index (χ0n) is 11.3. The van der Waals surface area contributed by atoms with E-state index in [2.05, 4.69) is 0 Å². The molecule has 0 radical (unpaired) electrons. The Morgan fingerprint density at radius 2 is 2.00 bits per heavy atom. The number of amides is 1. The normalized spacial score (nSPS) is 15.6. The van der Waals surface area contributed by atoms with E-state index >= 15 is 0 Å². The number of carbonyl (C=O) groups excluding carboxylic acids is 1. The second kappa shape index (κ2) is 6.34. The minimum Gasteiger partial charge on any atom is -0.478 e. The second-order valence-electron chi connectivity index (χ2n) is 4.65. The number of hydrogen-bond donors (Lipinski definition) is 1. The molecule has 0 atom stereocenters. The fourth-order valence-corrected chi connectivity index (χ4v) is 2.08. The minimum absolute atomic E-state index is 0.0311. The van der Waals surface area contributed by atoms with Crippen LogP contribution in [0.4, 0.5) is 0 Å². The Hall–Kier alpha value is -2.14. The molecule has 1 saturated heterocycles. The van der Waals surface area contributed by atoms with Crippen LogP contribution in [0.3, 0.4) is 0 Å². The Labute approximate surface area is 117 Å². The third kappa shape index (κ3) is 3.45. The quantitative estimate of drug-likeness (QED) is 0.850. The van der Waals surface area contributed by atoms with Gasteiger partial charge in [0.15, 0.2) is 0 Å². The minimum atomic E-state index is -1.01. The predicted molar refractivity (Wildman–Crippen MR) is 74.6 cm³/mol. The summed E-state index contributed by atoms with van der Waals surface area (Å²) in [6, 6.07) is 5.35. The smallest absolute Gasteiger partial charge is 0.328 e. The molecular formula is C15H17NO4. The van der Waals surface area contributed by atoms with Crippen molar-refractivity contribution in [3.63, 3.8) is 0 Å². The van der Waals surface area contributed by atoms with E-state index in [1.54, 1.807) is 17.0 Å². The maximum atomic E-state index is 12.4. The highest BCUT2D eigenvalue weighted by Gasteiger charge is 2.19. The van der Waals surface area contributed by atoms with Gasteiger partial charge in [0, 0.05) is 24.7 Å². The van der Waals surface area contributed by atoms with Gasteiger partial charge in [-0.05, 0) is 30.2 Å². The molecule has 1 aliphatic heterocycles. The van der Waals surface area contributed by atoms with Gasteiger partial charge < -0.3 is 14.7 Å². The first-order valence-electron chi connectivity index (χ1n) is 6.46. The first-order valence-corrected chi connectivity index (χ1v) is 6.46. The summed E-state index contributed by atoms with van der Waals surface area (Å²) >= 11 is 0. The van der Waals surface area contributed by atoms with E-state index in [9.17, 15) is 9.59 Å². The molecule has 1 fully saturated rings. The number of carboxylic acid groups (broad SMARTS) is 1. The largest absolute Gasteiger partial charge is 0.478 e. The lowest BCUT2D eigenvalue weighted by Crippen LogP contribution is -2.40. The van der Waals surface area contributed by atoms with Crippen LogP contribution in [-0.2, 0) is 9.53 Å². The highest BCUT2D eigenvalue weighted by atomic mass is 16.5. The Morgan fingerprint density at radius 1 is 1.30 bits per heavy atom. The number of aryl methyl sites for hydroxylation is 1. The molecule has 5 nitrogen and oxygen atoms in total. The Morgan fingerprint density at radius 3 is 2.65 bits per heavy atom. The van der Waals surface area contributed by atoms with E-state index in [0.717, 1.165) is 11.6 Å². The molecule has 0 aromatic heterocycles. The van der Waals surface area contributed by atoms with Crippen LogP contribution < -0.4 is 0 Å². The van der Waals surface area contributed by atoms with E-state index < -0.39 is 5.97 Å². The number of carbonyl (C=O) groups is 2. The molecule has 1 amide bonds. The first kappa shape index (κ1) is 14.3. The number of benzene rings is 1. The van der Waals surface area contributed by atoms with Gasteiger partial charge in [0.1, 0.15) is 0 Å². The second-order valence-corrected chi connectivity index (χ2v) is 4.65. The lowest BCUT2D eigenvalue weighted by atomic mass is 10.0. The van der Waals surface area contributed by atoms with E-state index in [1.807, 2.05) is 13.0 Å². The molecule has 1 aromatic carbocycles. The van der Waals surface area contributed by atoms with Gasteiger partial charge in [-0.25, -0.2) is 4.79 Å². The van der Waals surface area contributed by atoms with Crippen molar-refractivity contribution in [3.8, 4) is 0 Å². The van der Waals surface area contributed by atoms with Gasteiger partial charge in [0.2, 0.25) is 0 Å². The molecule has 1 heterocycles. The summed E-state index contributed by atoms with van der Waals surface area (Å²) in [4.78, 5) is 24.7. The van der Waals surface area contributed by atoms with Crippen molar-refractivity contribution in [2.45, 2.75) is 6.92 Å². The van der Waals surface area contributed by atoms with Gasteiger partial charge in [0.25, 0.3) is 5.91 Å². The zero-order valence-corrected chi connectivity index (χ0v) is 11.3. The number of aliphatic carboxylic acids is 1. The molecule has 106 valence electrons. The van der Waals surface area contributed by atoms with Crippen LogP contribution in [0.25, 0.3) is 6.08 Å². The van der Waals surface area contributed by atoms with Gasteiger partial charge in [-0.1, -0.05) is 12.1 Å². The molecule has 1 N–H and O–H groups in total. The molecule has 1 aliphatic rings. The summed E-state index contributed by atoms with van der Waals surface area (Å²) in [6.07, 6.45) is 2.55. The average Bonchev–Trinajstić information content (AvgIpc) is 2.46. The van der Waals surface area contributed by atoms with E-state index in [1.165, 1.54) is 6.08 Å². The monoisotopic (exact) mass is 275 g/mol. The SMILES string of the molecule is Cc1ccc(C=CC(=O)O)cc1C(=O)N1CCOCC1. The van der Waals surface area contributed by atoms with Crippen LogP contribution in [0.2, 0.25) is 0 Å². The number of carboxylic acids is 1. The molecule has 0 spiro atoms. The number of nitrogens with zero attached hydrogens (tertiary/aromatic N) is 1. The summed E-state index contributed by atoms with van der Waals surface area (Å²) in [7, 11) is 0. The summed E-state index contributed by atoms with van der Waals surface area (Å²) in [5, 5.41) is 8.64. The fraction of sp³-hybridized carbons (Fsp3) is 0.333. The maximum Gasteiger partial charge on any atom is 0.328 e. The van der Waals surface area contributed by atoms with Gasteiger partial charge in [-0.15, -0.1) is 0 Å². The van der Waals surface area contributed by atoms with E-state index in [-0.39, 0.29) is 5.91 Å². The molecule has 2 rings (SSSR count). The van der Waals surface area contributed by atoms with Gasteiger partial charge in [-0.3, -0.25) is 4.79 Å². The third-order valence-corrected chi connectivity index (χ3v) is 3.21. The van der Waals surface area contributed by atoms with Gasteiger partial charge in [-0.2, -0.15) is 0 Å². The van der Waals surface area contributed by atoms with Gasteiger partial charge >= 0.3 is 5.97 Å². The van der Waals surface area contributed by atoms with Crippen LogP contribution in [0, 0.1) is 6.92 Å². The Balaban J connectivity index is 2.23. The highest BCUT2D eigenvalue weighted by molar-refractivity contribution is 5.96. The number of hydrogen-bond acceptors (Lipinski definition) is 3. The third-order valence-electron chi connectivity index (χ3n) is 3.21. The fourth-order valence-electron chi connectivity index (χ4n) is 2.08. The highest BCUT2D eigenvalue weighted by Crippen LogP contribution is 2.16. The van der Waals surface area contributed by atoms with E-state index in [0.29, 0.717) is 37.4 Å². The molecule has 0 saturated carbocycles. The number of rotatable bonds is 3. The van der Waals surface area contributed by atoms with Crippen LogP contribution in [0.1, 0.15) is 21.5 Å². The number of ether oxygens (including phenoxy) is 1. The predicted octanol–water partition coefficient (Wildman–Crippen LogP) is 1.57. The maximum absolute atomic E-state index is 12.4. The van der Waals surface area contributed by atoms with Crippen molar-refractivity contribution in [3.05, 3.63) is 41.0 Å². The molecule has 20 heavy (non-hydrogen) atoms. The van der Waals surface area contributed by atoms with Crippen LogP contribution in [0.5, 0.6) is 0 Å². The van der Waals surface area contributed by atoms with Crippen LogP contribution in [-0.4, -0.2) is 48.2 Å². The zero-order chi connectivity index (χ0) is 14.5. The van der Waals surface area contributed by atoms with Crippen LogP contribution in [0.15, 0.2) is 24.3 Å². The molecule has 5 heteroatoms. The summed E-state index contributed by atoms with van der Waals surface area (Å²) in [6.45, 7) is 4.17. The van der Waals surface area contributed by atoms with E-state index in [4.69, 9.17) is 9.84 Å². The van der Waals surface area contributed by atoms with Crippen molar-refractivity contribution in [1.82, 2.24) is 4.90 Å². The lowest BCUT2D eigenvalue weighted by Gasteiger charge is -2.27. The topological polar surface area (TPSA) is 66.8 Å². The molecular weight excluding hydrogens is 258 g/mol. The molecule has 1 aromatic rings. The van der Waals surface area contributed by atoms with Crippen LogP contribution >= 0.6 is 0 Å².